The highest BCUT2D eigenvalue weighted by atomic mass is 16.6. The predicted octanol–water partition coefficient (Wildman–Crippen LogP) is 2.60. The lowest BCUT2D eigenvalue weighted by Gasteiger charge is -2.09. The van der Waals surface area contributed by atoms with Gasteiger partial charge in [0.25, 0.3) is 5.69 Å². The lowest BCUT2D eigenvalue weighted by Crippen LogP contribution is -2.03. The summed E-state index contributed by atoms with van der Waals surface area (Å²) in [6.45, 7) is 4.54. The smallest absolute Gasteiger partial charge is 0.273 e. The van der Waals surface area contributed by atoms with Gasteiger partial charge < -0.3 is 10.6 Å². The zero-order valence-corrected chi connectivity index (χ0v) is 12.6. The molecule has 0 radical (unpaired) electrons. The predicted molar refractivity (Wildman–Crippen MR) is 82.7 cm³/mol. The number of aryl methyl sites for hydroxylation is 2. The van der Waals surface area contributed by atoms with Gasteiger partial charge in [-0.2, -0.15) is 5.10 Å². The molecule has 0 amide bonds. The highest BCUT2D eigenvalue weighted by Gasteiger charge is 2.12. The van der Waals surface area contributed by atoms with Crippen molar-refractivity contribution >= 4 is 17.1 Å². The third-order valence-corrected chi connectivity index (χ3v) is 3.55. The zero-order chi connectivity index (χ0) is 15.6. The highest BCUT2D eigenvalue weighted by molar-refractivity contribution is 5.63. The summed E-state index contributed by atoms with van der Waals surface area (Å²) in [6.07, 6.45) is 0. The van der Waals surface area contributed by atoms with Gasteiger partial charge in [0, 0.05) is 55.4 Å². The number of rotatable bonds is 5. The van der Waals surface area contributed by atoms with Gasteiger partial charge in [-0.3, -0.25) is 14.8 Å². The Morgan fingerprint density at radius 1 is 1.29 bits per heavy atom. The first-order valence-electron chi connectivity index (χ1n) is 6.62. The molecule has 7 nitrogen and oxygen atoms in total. The molecule has 7 heteroatoms. The summed E-state index contributed by atoms with van der Waals surface area (Å²) in [5.41, 5.74) is 4.61. The molecular weight excluding hydrogens is 270 g/mol. The third-order valence-electron chi connectivity index (χ3n) is 3.55. The van der Waals surface area contributed by atoms with Gasteiger partial charge in [-0.1, -0.05) is 0 Å². The molecule has 0 aliphatic rings. The van der Waals surface area contributed by atoms with Gasteiger partial charge in [-0.15, -0.1) is 0 Å². The van der Waals surface area contributed by atoms with Gasteiger partial charge in [0.1, 0.15) is 0 Å². The van der Waals surface area contributed by atoms with Crippen molar-refractivity contribution in [3.8, 4) is 0 Å². The van der Waals surface area contributed by atoms with Crippen molar-refractivity contribution < 1.29 is 4.92 Å². The first kappa shape index (κ1) is 14.8. The van der Waals surface area contributed by atoms with E-state index in [1.807, 2.05) is 31.6 Å². The fraction of sp³-hybridized carbons (Fsp3) is 0.357. The largest absolute Gasteiger partial charge is 0.388 e. The normalized spacial score (nSPS) is 10.5. The molecule has 0 unspecified atom stereocenters. The summed E-state index contributed by atoms with van der Waals surface area (Å²) in [7, 11) is 3.64. The molecule has 0 fully saturated rings. The topological polar surface area (TPSA) is 85.0 Å². The number of nitrogens with zero attached hydrogens (tertiary/aromatic N) is 3. The van der Waals surface area contributed by atoms with E-state index in [1.54, 1.807) is 7.05 Å². The van der Waals surface area contributed by atoms with Crippen LogP contribution >= 0.6 is 0 Å². The van der Waals surface area contributed by atoms with Crippen molar-refractivity contribution in [1.29, 1.82) is 0 Å². The molecule has 0 atom stereocenters. The standard InChI is InChI=1S/C14H19N5O2/c1-9-14(10(2)18(4)17-9)8-16-12-5-11(15-3)6-13(7-12)19(20)21/h5-7,15-16H,8H2,1-4H3. The lowest BCUT2D eigenvalue weighted by atomic mass is 10.2. The number of nitro groups is 1. The molecule has 112 valence electrons. The van der Waals surface area contributed by atoms with Crippen LogP contribution in [0.4, 0.5) is 17.1 Å². The Balaban J connectivity index is 2.23. The number of hydrogen-bond donors (Lipinski definition) is 2. The SMILES string of the molecule is CNc1cc(NCc2c(C)nn(C)c2C)cc([N+](=O)[O-])c1. The quantitative estimate of drug-likeness (QED) is 0.653. The van der Waals surface area contributed by atoms with Gasteiger partial charge in [-0.05, 0) is 19.9 Å². The number of non-ortho nitro benzene ring substituents is 1. The summed E-state index contributed by atoms with van der Waals surface area (Å²) in [4.78, 5) is 10.5. The number of nitro benzene ring substituents is 1. The number of anilines is 2. The molecule has 1 aromatic carbocycles. The number of aromatic nitrogens is 2. The molecule has 2 aromatic rings. The van der Waals surface area contributed by atoms with E-state index >= 15 is 0 Å². The number of hydrogen-bond acceptors (Lipinski definition) is 5. The lowest BCUT2D eigenvalue weighted by molar-refractivity contribution is -0.384. The van der Waals surface area contributed by atoms with Gasteiger partial charge in [0.2, 0.25) is 0 Å². The van der Waals surface area contributed by atoms with Crippen LogP contribution in [0.2, 0.25) is 0 Å². The van der Waals surface area contributed by atoms with E-state index < -0.39 is 4.92 Å². The average Bonchev–Trinajstić information content (AvgIpc) is 2.69. The van der Waals surface area contributed by atoms with Gasteiger partial charge in [0.05, 0.1) is 10.6 Å². The minimum absolute atomic E-state index is 0.0592. The van der Waals surface area contributed by atoms with Crippen LogP contribution in [0.25, 0.3) is 0 Å². The summed E-state index contributed by atoms with van der Waals surface area (Å²) in [5.74, 6) is 0. The van der Waals surface area contributed by atoms with Gasteiger partial charge >= 0.3 is 0 Å². The van der Waals surface area contributed by atoms with Crippen LogP contribution in [0, 0.1) is 24.0 Å². The second-order valence-corrected chi connectivity index (χ2v) is 4.90. The van der Waals surface area contributed by atoms with E-state index in [0.29, 0.717) is 17.9 Å². The Hall–Kier alpha value is -2.57. The molecule has 1 aromatic heterocycles. The Bertz CT molecular complexity index is 678. The van der Waals surface area contributed by atoms with Crippen LogP contribution in [-0.4, -0.2) is 21.8 Å². The summed E-state index contributed by atoms with van der Waals surface area (Å²) >= 11 is 0. The molecule has 1 heterocycles. The minimum Gasteiger partial charge on any atom is -0.388 e. The molecule has 2 rings (SSSR count). The molecule has 0 saturated heterocycles. The van der Waals surface area contributed by atoms with E-state index in [0.717, 1.165) is 17.0 Å². The average molecular weight is 289 g/mol. The molecular formula is C14H19N5O2. The molecule has 21 heavy (non-hydrogen) atoms. The summed E-state index contributed by atoms with van der Waals surface area (Å²) < 4.78 is 1.83. The Morgan fingerprint density at radius 3 is 2.48 bits per heavy atom. The molecule has 0 aliphatic heterocycles. The second-order valence-electron chi connectivity index (χ2n) is 4.90. The maximum absolute atomic E-state index is 10.9. The van der Waals surface area contributed by atoms with Crippen molar-refractivity contribution in [2.45, 2.75) is 20.4 Å². The minimum atomic E-state index is -0.396. The Morgan fingerprint density at radius 2 is 1.95 bits per heavy atom. The van der Waals surface area contributed by atoms with Crippen LogP contribution in [0.15, 0.2) is 18.2 Å². The van der Waals surface area contributed by atoms with E-state index in [9.17, 15) is 10.1 Å². The van der Waals surface area contributed by atoms with E-state index in [2.05, 4.69) is 15.7 Å². The molecule has 0 spiro atoms. The zero-order valence-electron chi connectivity index (χ0n) is 12.6. The van der Waals surface area contributed by atoms with Crippen LogP contribution in [0.5, 0.6) is 0 Å². The van der Waals surface area contributed by atoms with Crippen LogP contribution in [0.3, 0.4) is 0 Å². The first-order valence-corrected chi connectivity index (χ1v) is 6.62. The fourth-order valence-corrected chi connectivity index (χ4v) is 2.23. The second kappa shape index (κ2) is 5.82. The fourth-order valence-electron chi connectivity index (χ4n) is 2.23. The summed E-state index contributed by atoms with van der Waals surface area (Å²) in [5, 5.41) is 21.5. The molecule has 0 aliphatic carbocycles. The van der Waals surface area contributed by atoms with Crippen molar-refractivity contribution in [1.82, 2.24) is 9.78 Å². The number of benzene rings is 1. The third kappa shape index (κ3) is 3.13. The molecule has 0 bridgehead atoms. The maximum atomic E-state index is 10.9. The maximum Gasteiger partial charge on any atom is 0.273 e. The van der Waals surface area contributed by atoms with Crippen LogP contribution in [0.1, 0.15) is 17.0 Å². The first-order chi connectivity index (χ1) is 9.92. The number of nitrogens with one attached hydrogen (secondary N) is 2. The summed E-state index contributed by atoms with van der Waals surface area (Å²) in [6, 6.07) is 4.88. The van der Waals surface area contributed by atoms with Crippen LogP contribution in [-0.2, 0) is 13.6 Å². The van der Waals surface area contributed by atoms with Crippen molar-refractivity contribution in [2.75, 3.05) is 17.7 Å². The Labute approximate surface area is 123 Å². The molecule has 2 N–H and O–H groups in total. The van der Waals surface area contributed by atoms with E-state index in [1.165, 1.54) is 12.1 Å². The van der Waals surface area contributed by atoms with Crippen molar-refractivity contribution in [2.24, 2.45) is 7.05 Å². The van der Waals surface area contributed by atoms with E-state index in [-0.39, 0.29) is 5.69 Å². The highest BCUT2D eigenvalue weighted by Crippen LogP contribution is 2.25. The van der Waals surface area contributed by atoms with Crippen molar-refractivity contribution in [3.05, 3.63) is 45.3 Å². The van der Waals surface area contributed by atoms with Gasteiger partial charge in [-0.25, -0.2) is 0 Å². The van der Waals surface area contributed by atoms with Crippen LogP contribution < -0.4 is 10.6 Å². The van der Waals surface area contributed by atoms with Gasteiger partial charge in [0.15, 0.2) is 0 Å². The Kier molecular flexibility index (Phi) is 4.11. The monoisotopic (exact) mass is 289 g/mol. The van der Waals surface area contributed by atoms with E-state index in [4.69, 9.17) is 0 Å². The van der Waals surface area contributed by atoms with Crippen molar-refractivity contribution in [3.63, 3.8) is 0 Å². The molecule has 0 saturated carbocycles.